The Labute approximate surface area is 102 Å². The van der Waals surface area contributed by atoms with Crippen LogP contribution in [0, 0.1) is 0 Å². The van der Waals surface area contributed by atoms with Crippen LogP contribution in [0.4, 0.5) is 23.2 Å². The Morgan fingerprint density at radius 1 is 1.33 bits per heavy atom. The SMILES string of the molecule is FC(F)C(F)(F)CNCC1Cc2ccccc2N1. The van der Waals surface area contributed by atoms with Gasteiger partial charge in [0.25, 0.3) is 0 Å². The van der Waals surface area contributed by atoms with Crippen molar-refractivity contribution >= 4 is 5.69 Å². The minimum absolute atomic E-state index is 0.0316. The Bertz CT molecular complexity index is 384. The molecule has 1 unspecified atom stereocenters. The summed E-state index contributed by atoms with van der Waals surface area (Å²) < 4.78 is 49.1. The van der Waals surface area contributed by atoms with Gasteiger partial charge in [0.05, 0.1) is 6.54 Å². The second-order valence-electron chi connectivity index (χ2n) is 4.40. The quantitative estimate of drug-likeness (QED) is 0.797. The van der Waals surface area contributed by atoms with Crippen LogP contribution in [0.2, 0.25) is 0 Å². The van der Waals surface area contributed by atoms with Gasteiger partial charge in [-0.3, -0.25) is 0 Å². The lowest BCUT2D eigenvalue weighted by molar-refractivity contribution is -0.125. The van der Waals surface area contributed by atoms with Gasteiger partial charge in [-0.1, -0.05) is 18.2 Å². The first kappa shape index (κ1) is 13.1. The molecule has 0 saturated carbocycles. The lowest BCUT2D eigenvalue weighted by Crippen LogP contribution is -2.42. The third kappa shape index (κ3) is 2.93. The number of benzene rings is 1. The second-order valence-corrected chi connectivity index (χ2v) is 4.40. The summed E-state index contributed by atoms with van der Waals surface area (Å²) in [4.78, 5) is 0. The molecule has 0 radical (unpaired) electrons. The molecular weight excluding hydrogens is 248 g/mol. The predicted octanol–water partition coefficient (Wildman–Crippen LogP) is 2.51. The number of hydrogen-bond acceptors (Lipinski definition) is 2. The highest BCUT2D eigenvalue weighted by Crippen LogP contribution is 2.25. The summed E-state index contributed by atoms with van der Waals surface area (Å²) in [5, 5.41) is 5.55. The van der Waals surface area contributed by atoms with Gasteiger partial charge < -0.3 is 10.6 Å². The van der Waals surface area contributed by atoms with Gasteiger partial charge in [-0.25, -0.2) is 8.78 Å². The first-order chi connectivity index (χ1) is 8.49. The van der Waals surface area contributed by atoms with E-state index < -0.39 is 18.9 Å². The number of rotatable bonds is 5. The van der Waals surface area contributed by atoms with E-state index >= 15 is 0 Å². The maximum absolute atomic E-state index is 12.7. The summed E-state index contributed by atoms with van der Waals surface area (Å²) in [6.07, 6.45) is -2.91. The molecule has 0 aromatic heterocycles. The molecule has 2 rings (SSSR count). The van der Waals surface area contributed by atoms with Crippen molar-refractivity contribution in [2.24, 2.45) is 0 Å². The van der Waals surface area contributed by atoms with Gasteiger partial charge in [0, 0.05) is 18.3 Å². The number of hydrogen-bond donors (Lipinski definition) is 2. The smallest absolute Gasteiger partial charge is 0.319 e. The molecule has 0 fully saturated rings. The molecule has 1 aliphatic rings. The molecule has 0 amide bonds. The zero-order chi connectivity index (χ0) is 13.2. The maximum atomic E-state index is 12.7. The molecule has 100 valence electrons. The predicted molar refractivity (Wildman–Crippen MR) is 61.4 cm³/mol. The van der Waals surface area contributed by atoms with Gasteiger partial charge in [-0.05, 0) is 18.1 Å². The Kier molecular flexibility index (Phi) is 3.75. The minimum Gasteiger partial charge on any atom is -0.380 e. The number of alkyl halides is 4. The fourth-order valence-electron chi connectivity index (χ4n) is 1.99. The maximum Gasteiger partial charge on any atom is 0.319 e. The van der Waals surface area contributed by atoms with Crippen molar-refractivity contribution in [3.63, 3.8) is 0 Å². The number of halogens is 4. The average Bonchev–Trinajstić information content (AvgIpc) is 2.70. The standard InChI is InChI=1S/C12H14F4N2/c13-11(14)12(15,16)7-17-6-9-5-8-3-1-2-4-10(8)18-9/h1-4,9,11,17-18H,5-7H2. The lowest BCUT2D eigenvalue weighted by atomic mass is 10.1. The molecule has 6 heteroatoms. The summed E-state index contributed by atoms with van der Waals surface area (Å²) in [7, 11) is 0. The molecule has 0 spiro atoms. The topological polar surface area (TPSA) is 24.1 Å². The normalized spacial score (nSPS) is 18.8. The molecule has 1 atom stereocenters. The van der Waals surface area contributed by atoms with Crippen molar-refractivity contribution in [3.05, 3.63) is 29.8 Å². The van der Waals surface area contributed by atoms with Crippen molar-refractivity contribution in [1.82, 2.24) is 5.32 Å². The molecule has 1 aromatic carbocycles. The van der Waals surface area contributed by atoms with Crippen molar-refractivity contribution in [2.75, 3.05) is 18.4 Å². The van der Waals surface area contributed by atoms with E-state index in [1.165, 1.54) is 0 Å². The molecule has 0 bridgehead atoms. The zero-order valence-corrected chi connectivity index (χ0v) is 9.60. The van der Waals surface area contributed by atoms with Gasteiger partial charge in [-0.15, -0.1) is 0 Å². The van der Waals surface area contributed by atoms with E-state index in [2.05, 4.69) is 10.6 Å². The molecule has 1 aliphatic heterocycles. The molecular formula is C12H14F4N2. The van der Waals surface area contributed by atoms with E-state index in [1.807, 2.05) is 24.3 Å². The summed E-state index contributed by atoms with van der Waals surface area (Å²) >= 11 is 0. The Balaban J connectivity index is 1.78. The van der Waals surface area contributed by atoms with Crippen molar-refractivity contribution in [2.45, 2.75) is 24.8 Å². The van der Waals surface area contributed by atoms with Crippen LogP contribution < -0.4 is 10.6 Å². The van der Waals surface area contributed by atoms with Crippen LogP contribution in [0.1, 0.15) is 5.56 Å². The lowest BCUT2D eigenvalue weighted by Gasteiger charge is -2.18. The number of anilines is 1. The number of nitrogens with one attached hydrogen (secondary N) is 2. The Hall–Kier alpha value is -1.30. The largest absolute Gasteiger partial charge is 0.380 e. The highest BCUT2D eigenvalue weighted by atomic mass is 19.3. The van der Waals surface area contributed by atoms with Crippen LogP contribution in [0.3, 0.4) is 0 Å². The number of fused-ring (bicyclic) bond motifs is 1. The van der Waals surface area contributed by atoms with Crippen molar-refractivity contribution in [3.8, 4) is 0 Å². The summed E-state index contributed by atoms with van der Waals surface area (Å²) in [5.41, 5.74) is 2.09. The monoisotopic (exact) mass is 262 g/mol. The second kappa shape index (κ2) is 5.14. The molecule has 2 nitrogen and oxygen atoms in total. The van der Waals surface area contributed by atoms with E-state index in [0.717, 1.165) is 11.3 Å². The molecule has 0 aliphatic carbocycles. The zero-order valence-electron chi connectivity index (χ0n) is 9.60. The van der Waals surface area contributed by atoms with Gasteiger partial charge in [0.1, 0.15) is 0 Å². The summed E-state index contributed by atoms with van der Waals surface area (Å²) in [6, 6.07) is 7.61. The minimum atomic E-state index is -3.97. The van der Waals surface area contributed by atoms with Gasteiger partial charge >= 0.3 is 12.3 Å². The molecule has 0 saturated heterocycles. The third-order valence-electron chi connectivity index (χ3n) is 2.91. The Morgan fingerprint density at radius 3 is 2.72 bits per heavy atom. The fraction of sp³-hybridized carbons (Fsp3) is 0.500. The van der Waals surface area contributed by atoms with E-state index in [9.17, 15) is 17.6 Å². The Morgan fingerprint density at radius 2 is 2.06 bits per heavy atom. The van der Waals surface area contributed by atoms with Crippen LogP contribution in [0.5, 0.6) is 0 Å². The fourth-order valence-corrected chi connectivity index (χ4v) is 1.99. The van der Waals surface area contributed by atoms with Gasteiger partial charge in [-0.2, -0.15) is 8.78 Å². The first-order valence-corrected chi connectivity index (χ1v) is 5.70. The van der Waals surface area contributed by atoms with E-state index in [4.69, 9.17) is 0 Å². The third-order valence-corrected chi connectivity index (χ3v) is 2.91. The molecule has 18 heavy (non-hydrogen) atoms. The van der Waals surface area contributed by atoms with Crippen LogP contribution in [-0.4, -0.2) is 31.5 Å². The summed E-state index contributed by atoms with van der Waals surface area (Å²) in [5.74, 6) is -3.97. The van der Waals surface area contributed by atoms with Gasteiger partial charge in [0.15, 0.2) is 0 Å². The first-order valence-electron chi connectivity index (χ1n) is 5.70. The highest BCUT2D eigenvalue weighted by Gasteiger charge is 2.40. The van der Waals surface area contributed by atoms with Crippen LogP contribution in [-0.2, 0) is 6.42 Å². The van der Waals surface area contributed by atoms with E-state index in [0.29, 0.717) is 6.42 Å². The highest BCUT2D eigenvalue weighted by molar-refractivity contribution is 5.56. The van der Waals surface area contributed by atoms with E-state index in [-0.39, 0.29) is 12.6 Å². The number of para-hydroxylation sites is 1. The average molecular weight is 262 g/mol. The van der Waals surface area contributed by atoms with Crippen LogP contribution >= 0.6 is 0 Å². The van der Waals surface area contributed by atoms with Crippen molar-refractivity contribution in [1.29, 1.82) is 0 Å². The van der Waals surface area contributed by atoms with Crippen LogP contribution in [0.25, 0.3) is 0 Å². The van der Waals surface area contributed by atoms with Crippen molar-refractivity contribution < 1.29 is 17.6 Å². The summed E-state index contributed by atoms with van der Waals surface area (Å²) in [6.45, 7) is -0.768. The molecule has 1 heterocycles. The van der Waals surface area contributed by atoms with Gasteiger partial charge in [0.2, 0.25) is 0 Å². The van der Waals surface area contributed by atoms with E-state index in [1.54, 1.807) is 0 Å². The van der Waals surface area contributed by atoms with Crippen LogP contribution in [0.15, 0.2) is 24.3 Å². The molecule has 1 aromatic rings. The molecule has 2 N–H and O–H groups in total.